The smallest absolute Gasteiger partial charge is 0.272 e. The number of carbonyl (C=O) groups is 3. The number of hydrogen-bond donors (Lipinski definition) is 3. The normalized spacial score (nSPS) is 11.9. The summed E-state index contributed by atoms with van der Waals surface area (Å²) in [5, 5.41) is 10.5. The van der Waals surface area contributed by atoms with Gasteiger partial charge in [-0.25, -0.2) is 0 Å². The maximum Gasteiger partial charge on any atom is 0.272 e. The van der Waals surface area contributed by atoms with Crippen LogP contribution in [0.15, 0.2) is 107 Å². The molecule has 1 atom stereocenters. The fraction of sp³-hybridized carbons (Fsp3) is 0.0690. The average molecular weight is 562 g/mol. The minimum absolute atomic E-state index is 0.131. The van der Waals surface area contributed by atoms with Crippen molar-refractivity contribution in [1.29, 1.82) is 0 Å². The second-order valence-electron chi connectivity index (χ2n) is 8.13. The van der Waals surface area contributed by atoms with Gasteiger partial charge in [-0.05, 0) is 79.0 Å². The Hall–Kier alpha value is -3.85. The van der Waals surface area contributed by atoms with Gasteiger partial charge in [0.25, 0.3) is 11.8 Å². The van der Waals surface area contributed by atoms with Crippen molar-refractivity contribution in [2.75, 3.05) is 10.6 Å². The number of carbonyl (C=O) groups excluding carboxylic acids is 3. The molecule has 4 aromatic rings. The average Bonchev–Trinajstić information content (AvgIpc) is 3.43. The third kappa shape index (κ3) is 7.82. The number of benzene rings is 3. The highest BCUT2D eigenvalue weighted by Gasteiger charge is 2.17. The molecule has 9 heteroatoms. The third-order valence-corrected chi connectivity index (χ3v) is 7.41. The zero-order valence-corrected chi connectivity index (χ0v) is 22.7. The molecule has 6 nitrogen and oxygen atoms in total. The lowest BCUT2D eigenvalue weighted by atomic mass is 10.2. The Morgan fingerprint density at radius 1 is 0.868 bits per heavy atom. The van der Waals surface area contributed by atoms with Crippen LogP contribution in [0.4, 0.5) is 11.4 Å². The lowest BCUT2D eigenvalue weighted by Crippen LogP contribution is -2.30. The molecule has 0 radical (unpaired) electrons. The summed E-state index contributed by atoms with van der Waals surface area (Å²) in [6, 6.07) is 26.6. The summed E-state index contributed by atoms with van der Waals surface area (Å²) >= 11 is 8.84. The van der Waals surface area contributed by atoms with Gasteiger partial charge in [0, 0.05) is 31.7 Å². The van der Waals surface area contributed by atoms with Crippen molar-refractivity contribution in [3.8, 4) is 0 Å². The summed E-state index contributed by atoms with van der Waals surface area (Å²) in [5.74, 6) is -0.968. The summed E-state index contributed by atoms with van der Waals surface area (Å²) in [6.07, 6.45) is 1.64. The quantitative estimate of drug-likeness (QED) is 0.153. The van der Waals surface area contributed by atoms with Gasteiger partial charge in [-0.2, -0.15) is 0 Å². The summed E-state index contributed by atoms with van der Waals surface area (Å²) in [4.78, 5) is 40.1. The molecule has 0 spiro atoms. The van der Waals surface area contributed by atoms with Crippen LogP contribution in [0, 0.1) is 0 Å². The number of amides is 3. The van der Waals surface area contributed by atoms with Crippen LogP contribution in [0.25, 0.3) is 6.08 Å². The van der Waals surface area contributed by atoms with E-state index in [1.807, 2.05) is 42.6 Å². The molecule has 0 aliphatic rings. The molecule has 192 valence electrons. The monoisotopic (exact) mass is 561 g/mol. The first-order valence-electron chi connectivity index (χ1n) is 11.6. The second kappa shape index (κ2) is 13.1. The van der Waals surface area contributed by atoms with Crippen molar-refractivity contribution in [3.63, 3.8) is 0 Å². The lowest BCUT2D eigenvalue weighted by Gasteiger charge is -2.13. The van der Waals surface area contributed by atoms with Crippen molar-refractivity contribution in [3.05, 3.63) is 118 Å². The molecule has 4 rings (SSSR count). The molecule has 3 amide bonds. The van der Waals surface area contributed by atoms with E-state index in [1.54, 1.807) is 66.7 Å². The van der Waals surface area contributed by atoms with Gasteiger partial charge in [-0.1, -0.05) is 41.9 Å². The Kier molecular flexibility index (Phi) is 9.37. The van der Waals surface area contributed by atoms with Gasteiger partial charge in [-0.15, -0.1) is 23.1 Å². The highest BCUT2D eigenvalue weighted by Crippen LogP contribution is 2.26. The van der Waals surface area contributed by atoms with Crippen LogP contribution in [-0.2, 0) is 9.59 Å². The van der Waals surface area contributed by atoms with Crippen molar-refractivity contribution in [2.24, 2.45) is 0 Å². The number of rotatable bonds is 9. The fourth-order valence-electron chi connectivity index (χ4n) is 3.34. The van der Waals surface area contributed by atoms with E-state index in [0.717, 1.165) is 9.77 Å². The fourth-order valence-corrected chi connectivity index (χ4v) is 5.06. The molecule has 0 saturated heterocycles. The van der Waals surface area contributed by atoms with Crippen molar-refractivity contribution < 1.29 is 14.4 Å². The number of thiophene rings is 1. The Bertz CT molecular complexity index is 1440. The zero-order chi connectivity index (χ0) is 26.9. The number of anilines is 2. The molecule has 3 aromatic carbocycles. The van der Waals surface area contributed by atoms with Crippen LogP contribution in [0.3, 0.4) is 0 Å². The first kappa shape index (κ1) is 27.2. The molecule has 1 unspecified atom stereocenters. The van der Waals surface area contributed by atoms with Crippen molar-refractivity contribution in [2.45, 2.75) is 17.1 Å². The summed E-state index contributed by atoms with van der Waals surface area (Å²) < 4.78 is 0. The second-order valence-corrected chi connectivity index (χ2v) is 11.0. The Balaban J connectivity index is 1.39. The van der Waals surface area contributed by atoms with E-state index < -0.39 is 5.91 Å². The number of hydrogen-bond acceptors (Lipinski definition) is 5. The molecule has 0 fully saturated rings. The van der Waals surface area contributed by atoms with Gasteiger partial charge >= 0.3 is 0 Å². The molecule has 1 aromatic heterocycles. The van der Waals surface area contributed by atoms with E-state index >= 15 is 0 Å². The van der Waals surface area contributed by atoms with Crippen LogP contribution in [0.1, 0.15) is 22.2 Å². The Morgan fingerprint density at radius 3 is 2.32 bits per heavy atom. The molecule has 0 aliphatic carbocycles. The summed E-state index contributed by atoms with van der Waals surface area (Å²) in [6.45, 7) is 1.82. The molecule has 0 saturated carbocycles. The molecule has 38 heavy (non-hydrogen) atoms. The van der Waals surface area contributed by atoms with Gasteiger partial charge in [0.2, 0.25) is 5.91 Å². The van der Waals surface area contributed by atoms with E-state index in [2.05, 4.69) is 16.0 Å². The lowest BCUT2D eigenvalue weighted by molar-refractivity contribution is -0.115. The number of thioether (sulfide) groups is 1. The van der Waals surface area contributed by atoms with Crippen LogP contribution in [0.5, 0.6) is 0 Å². The molecule has 0 bridgehead atoms. The third-order valence-electron chi connectivity index (χ3n) is 5.25. The Labute approximate surface area is 234 Å². The van der Waals surface area contributed by atoms with Gasteiger partial charge < -0.3 is 16.0 Å². The standard InChI is InChI=1S/C29H24ClN3O3S2/c1-19(27(34)32-23-10-5-9-21(30)17-23)38-24-14-12-22(13-15-24)31-29(36)26(18-25-11-6-16-37-25)33-28(35)20-7-3-2-4-8-20/h2-19H,1H3,(H,31,36)(H,32,34)(H,33,35)/b26-18-. The zero-order valence-electron chi connectivity index (χ0n) is 20.3. The molecule has 1 heterocycles. The Morgan fingerprint density at radius 2 is 1.63 bits per heavy atom. The topological polar surface area (TPSA) is 87.3 Å². The first-order valence-corrected chi connectivity index (χ1v) is 13.8. The molecule has 0 aliphatic heterocycles. The predicted molar refractivity (Wildman–Crippen MR) is 157 cm³/mol. The van der Waals surface area contributed by atoms with Crippen LogP contribution < -0.4 is 16.0 Å². The van der Waals surface area contributed by atoms with Gasteiger partial charge in [0.15, 0.2) is 0 Å². The van der Waals surface area contributed by atoms with Crippen LogP contribution >= 0.6 is 34.7 Å². The van der Waals surface area contributed by atoms with E-state index in [4.69, 9.17) is 11.6 Å². The van der Waals surface area contributed by atoms with Crippen molar-refractivity contribution >= 4 is 69.9 Å². The van der Waals surface area contributed by atoms with E-state index in [1.165, 1.54) is 23.1 Å². The molecule has 3 N–H and O–H groups in total. The summed E-state index contributed by atoms with van der Waals surface area (Å²) in [5.41, 5.74) is 1.78. The highest BCUT2D eigenvalue weighted by atomic mass is 35.5. The largest absolute Gasteiger partial charge is 0.325 e. The number of halogens is 1. The van der Waals surface area contributed by atoms with Crippen LogP contribution in [-0.4, -0.2) is 23.0 Å². The minimum atomic E-state index is -0.447. The van der Waals surface area contributed by atoms with Crippen molar-refractivity contribution in [1.82, 2.24) is 5.32 Å². The number of nitrogens with one attached hydrogen (secondary N) is 3. The molecular formula is C29H24ClN3O3S2. The maximum atomic E-state index is 13.1. The molecular weight excluding hydrogens is 538 g/mol. The summed E-state index contributed by atoms with van der Waals surface area (Å²) in [7, 11) is 0. The first-order chi connectivity index (χ1) is 18.4. The minimum Gasteiger partial charge on any atom is -0.325 e. The SMILES string of the molecule is CC(Sc1ccc(NC(=O)/C(=C/c2cccs2)NC(=O)c2ccccc2)cc1)C(=O)Nc1cccc(Cl)c1. The van der Waals surface area contributed by atoms with Gasteiger partial charge in [-0.3, -0.25) is 14.4 Å². The van der Waals surface area contributed by atoms with Gasteiger partial charge in [0.05, 0.1) is 5.25 Å². The van der Waals surface area contributed by atoms with Crippen LogP contribution in [0.2, 0.25) is 5.02 Å². The maximum absolute atomic E-state index is 13.1. The van der Waals surface area contributed by atoms with E-state index in [9.17, 15) is 14.4 Å². The highest BCUT2D eigenvalue weighted by molar-refractivity contribution is 8.00. The van der Waals surface area contributed by atoms with E-state index in [-0.39, 0.29) is 22.8 Å². The van der Waals surface area contributed by atoms with Gasteiger partial charge in [0.1, 0.15) is 5.70 Å². The van der Waals surface area contributed by atoms with E-state index in [0.29, 0.717) is 22.0 Å². The predicted octanol–water partition coefficient (Wildman–Crippen LogP) is 6.93.